The number of Topliss-reactive ketones (excluding diaryl/α,β-unsaturated/α-hetero) is 1. The van der Waals surface area contributed by atoms with Gasteiger partial charge in [0.05, 0.1) is 16.7 Å². The van der Waals surface area contributed by atoms with Crippen molar-refractivity contribution in [2.24, 2.45) is 0 Å². The minimum absolute atomic E-state index is 0.0225. The van der Waals surface area contributed by atoms with E-state index in [4.69, 9.17) is 0 Å². The molecular weight excluding hydrogens is 322 g/mol. The molecule has 0 aliphatic rings. The number of rotatable bonds is 6. The Kier molecular flexibility index (Phi) is 5.54. The van der Waals surface area contributed by atoms with Crippen LogP contribution in [0.3, 0.4) is 0 Å². The van der Waals surface area contributed by atoms with Crippen LogP contribution in [0, 0.1) is 18.6 Å². The Bertz CT molecular complexity index is 731. The van der Waals surface area contributed by atoms with Crippen molar-refractivity contribution in [3.05, 3.63) is 51.5 Å². The van der Waals surface area contributed by atoms with Gasteiger partial charge < -0.3 is 5.32 Å². The maximum Gasteiger partial charge on any atom is 0.220 e. The second kappa shape index (κ2) is 7.41. The van der Waals surface area contributed by atoms with Gasteiger partial charge in [-0.15, -0.1) is 11.3 Å². The SMILES string of the molecule is Cc1nc([C@H](C)NC(=O)CCC(=O)c2ccc(F)c(F)c2)cs1. The number of benzene rings is 1. The van der Waals surface area contributed by atoms with Gasteiger partial charge in [0.25, 0.3) is 0 Å². The van der Waals surface area contributed by atoms with Crippen molar-refractivity contribution >= 4 is 23.0 Å². The molecule has 0 fully saturated rings. The van der Waals surface area contributed by atoms with Crippen molar-refractivity contribution in [1.29, 1.82) is 0 Å². The first kappa shape index (κ1) is 17.2. The summed E-state index contributed by atoms with van der Waals surface area (Å²) < 4.78 is 25.9. The summed E-state index contributed by atoms with van der Waals surface area (Å²) in [5, 5.41) is 5.54. The number of aromatic nitrogens is 1. The summed E-state index contributed by atoms with van der Waals surface area (Å²) in [6.07, 6.45) is -0.0923. The van der Waals surface area contributed by atoms with E-state index >= 15 is 0 Å². The predicted octanol–water partition coefficient (Wildman–Crippen LogP) is 3.57. The maximum atomic E-state index is 13.1. The first-order chi connectivity index (χ1) is 10.9. The molecule has 0 aliphatic carbocycles. The second-order valence-corrected chi connectivity index (χ2v) is 6.19. The van der Waals surface area contributed by atoms with Crippen molar-refractivity contribution in [1.82, 2.24) is 10.3 Å². The Morgan fingerprint density at radius 3 is 2.61 bits per heavy atom. The molecule has 1 heterocycles. The lowest BCUT2D eigenvalue weighted by atomic mass is 10.1. The van der Waals surface area contributed by atoms with E-state index in [1.54, 1.807) is 0 Å². The molecule has 23 heavy (non-hydrogen) atoms. The summed E-state index contributed by atoms with van der Waals surface area (Å²) in [6.45, 7) is 3.69. The van der Waals surface area contributed by atoms with E-state index in [-0.39, 0.29) is 30.4 Å². The molecule has 0 unspecified atom stereocenters. The van der Waals surface area contributed by atoms with Gasteiger partial charge in [-0.2, -0.15) is 0 Å². The molecule has 0 spiro atoms. The van der Waals surface area contributed by atoms with E-state index in [1.165, 1.54) is 17.4 Å². The number of amides is 1. The van der Waals surface area contributed by atoms with Gasteiger partial charge in [-0.1, -0.05) is 0 Å². The van der Waals surface area contributed by atoms with E-state index < -0.39 is 17.4 Å². The number of carbonyl (C=O) groups is 2. The summed E-state index contributed by atoms with van der Waals surface area (Å²) >= 11 is 1.50. The van der Waals surface area contributed by atoms with Crippen LogP contribution in [0.15, 0.2) is 23.6 Å². The summed E-state index contributed by atoms with van der Waals surface area (Å²) in [5.41, 5.74) is 0.827. The third-order valence-corrected chi connectivity index (χ3v) is 4.07. The average molecular weight is 338 g/mol. The first-order valence-electron chi connectivity index (χ1n) is 7.06. The second-order valence-electron chi connectivity index (χ2n) is 5.13. The van der Waals surface area contributed by atoms with Crippen LogP contribution < -0.4 is 5.32 Å². The normalized spacial score (nSPS) is 12.0. The predicted molar refractivity (Wildman–Crippen MR) is 83.3 cm³/mol. The minimum atomic E-state index is -1.08. The number of nitrogens with one attached hydrogen (secondary N) is 1. The molecule has 0 saturated carbocycles. The van der Waals surface area contributed by atoms with Crippen LogP contribution in [-0.4, -0.2) is 16.7 Å². The minimum Gasteiger partial charge on any atom is -0.348 e. The van der Waals surface area contributed by atoms with Crippen LogP contribution in [0.2, 0.25) is 0 Å². The van der Waals surface area contributed by atoms with Gasteiger partial charge in [-0.3, -0.25) is 9.59 Å². The molecule has 1 aromatic heterocycles. The highest BCUT2D eigenvalue weighted by Crippen LogP contribution is 2.16. The fraction of sp³-hybridized carbons (Fsp3) is 0.312. The maximum absolute atomic E-state index is 13.1. The zero-order valence-corrected chi connectivity index (χ0v) is 13.5. The number of hydrogen-bond acceptors (Lipinski definition) is 4. The quantitative estimate of drug-likeness (QED) is 0.819. The molecule has 7 heteroatoms. The van der Waals surface area contributed by atoms with Crippen LogP contribution in [-0.2, 0) is 4.79 Å². The van der Waals surface area contributed by atoms with E-state index in [1.807, 2.05) is 19.2 Å². The van der Waals surface area contributed by atoms with Crippen molar-refractivity contribution in [2.45, 2.75) is 32.7 Å². The van der Waals surface area contributed by atoms with Crippen molar-refractivity contribution in [2.75, 3.05) is 0 Å². The molecule has 0 bridgehead atoms. The fourth-order valence-corrected chi connectivity index (χ4v) is 2.71. The molecule has 0 saturated heterocycles. The lowest BCUT2D eigenvalue weighted by molar-refractivity contribution is -0.121. The zero-order valence-electron chi connectivity index (χ0n) is 12.7. The van der Waals surface area contributed by atoms with Crippen LogP contribution in [0.1, 0.15) is 46.9 Å². The zero-order chi connectivity index (χ0) is 17.0. The monoisotopic (exact) mass is 338 g/mol. The molecule has 122 valence electrons. The van der Waals surface area contributed by atoms with Gasteiger partial charge in [-0.25, -0.2) is 13.8 Å². The Balaban J connectivity index is 1.86. The number of nitrogens with zero attached hydrogens (tertiary/aromatic N) is 1. The van der Waals surface area contributed by atoms with Crippen LogP contribution in [0.25, 0.3) is 0 Å². The van der Waals surface area contributed by atoms with Gasteiger partial charge in [0.1, 0.15) is 0 Å². The third-order valence-electron chi connectivity index (χ3n) is 3.28. The fourth-order valence-electron chi connectivity index (χ4n) is 2.01. The van der Waals surface area contributed by atoms with Crippen molar-refractivity contribution in [3.63, 3.8) is 0 Å². The average Bonchev–Trinajstić information content (AvgIpc) is 2.94. The molecule has 2 aromatic rings. The number of aryl methyl sites for hydroxylation is 1. The van der Waals surface area contributed by atoms with E-state index in [0.717, 1.165) is 22.8 Å². The number of halogens is 2. The highest BCUT2D eigenvalue weighted by molar-refractivity contribution is 7.09. The summed E-state index contributed by atoms with van der Waals surface area (Å²) in [4.78, 5) is 28.0. The van der Waals surface area contributed by atoms with Crippen LogP contribution >= 0.6 is 11.3 Å². The Morgan fingerprint density at radius 1 is 1.26 bits per heavy atom. The topological polar surface area (TPSA) is 59.1 Å². The Labute approximate surface area is 136 Å². The standard InChI is InChI=1S/C16H16F2N2O2S/c1-9(14-8-23-10(2)20-14)19-16(22)6-5-15(21)11-3-4-12(17)13(18)7-11/h3-4,7-9H,5-6H2,1-2H3,(H,19,22)/t9-/m0/s1. The van der Waals surface area contributed by atoms with Crippen LogP contribution in [0.4, 0.5) is 8.78 Å². The summed E-state index contributed by atoms with van der Waals surface area (Å²) in [5.74, 6) is -2.78. The number of thiazole rings is 1. The van der Waals surface area contributed by atoms with Gasteiger partial charge in [-0.05, 0) is 32.0 Å². The van der Waals surface area contributed by atoms with E-state index in [0.29, 0.717) is 0 Å². The lowest BCUT2D eigenvalue weighted by Crippen LogP contribution is -2.27. The lowest BCUT2D eigenvalue weighted by Gasteiger charge is -2.11. The highest BCUT2D eigenvalue weighted by Gasteiger charge is 2.15. The molecule has 0 aliphatic heterocycles. The van der Waals surface area contributed by atoms with Crippen molar-refractivity contribution < 1.29 is 18.4 Å². The van der Waals surface area contributed by atoms with Gasteiger partial charge in [0.2, 0.25) is 5.91 Å². The third kappa shape index (κ3) is 4.66. The van der Waals surface area contributed by atoms with E-state index in [9.17, 15) is 18.4 Å². The van der Waals surface area contributed by atoms with Gasteiger partial charge in [0.15, 0.2) is 17.4 Å². The smallest absolute Gasteiger partial charge is 0.220 e. The highest BCUT2D eigenvalue weighted by atomic mass is 32.1. The Hall–Kier alpha value is -2.15. The van der Waals surface area contributed by atoms with Gasteiger partial charge in [0, 0.05) is 23.8 Å². The molecule has 1 N–H and O–H groups in total. The number of carbonyl (C=O) groups excluding carboxylic acids is 2. The van der Waals surface area contributed by atoms with Gasteiger partial charge >= 0.3 is 0 Å². The molecule has 1 amide bonds. The summed E-state index contributed by atoms with van der Waals surface area (Å²) in [7, 11) is 0. The number of hydrogen-bond donors (Lipinski definition) is 1. The first-order valence-corrected chi connectivity index (χ1v) is 7.94. The molecular formula is C16H16F2N2O2S. The number of ketones is 1. The molecule has 1 aromatic carbocycles. The van der Waals surface area contributed by atoms with E-state index in [2.05, 4.69) is 10.3 Å². The Morgan fingerprint density at radius 2 is 2.00 bits per heavy atom. The largest absolute Gasteiger partial charge is 0.348 e. The van der Waals surface area contributed by atoms with Crippen LogP contribution in [0.5, 0.6) is 0 Å². The molecule has 2 rings (SSSR count). The summed E-state index contributed by atoms with van der Waals surface area (Å²) in [6, 6.07) is 2.70. The van der Waals surface area contributed by atoms with Crippen molar-refractivity contribution in [3.8, 4) is 0 Å². The molecule has 0 radical (unpaired) electrons. The molecule has 4 nitrogen and oxygen atoms in total. The molecule has 1 atom stereocenters.